The molecule has 0 spiro atoms. The molecule has 0 saturated heterocycles. The molecule has 4 rings (SSSR count). The van der Waals surface area contributed by atoms with Crippen LogP contribution in [0, 0.1) is 17.0 Å². The first-order valence-corrected chi connectivity index (χ1v) is 9.99. The van der Waals surface area contributed by atoms with Gasteiger partial charge in [0.2, 0.25) is 5.28 Å². The number of nitro groups is 1. The number of pyridine rings is 1. The van der Waals surface area contributed by atoms with Gasteiger partial charge >= 0.3 is 5.69 Å². The van der Waals surface area contributed by atoms with Crippen molar-refractivity contribution in [1.29, 1.82) is 0 Å². The third-order valence-corrected chi connectivity index (χ3v) is 5.29. The second kappa shape index (κ2) is 8.31. The highest BCUT2D eigenvalue weighted by Gasteiger charge is 2.15. The Morgan fingerprint density at radius 3 is 2.84 bits per heavy atom. The van der Waals surface area contributed by atoms with Crippen LogP contribution in [0.4, 0.5) is 5.69 Å². The van der Waals surface area contributed by atoms with Gasteiger partial charge in [0, 0.05) is 36.8 Å². The summed E-state index contributed by atoms with van der Waals surface area (Å²) >= 11 is 5.88. The van der Waals surface area contributed by atoms with Crippen LogP contribution in [0.1, 0.15) is 18.4 Å². The van der Waals surface area contributed by atoms with Crippen molar-refractivity contribution >= 4 is 39.4 Å². The Morgan fingerprint density at radius 2 is 2.06 bits per heavy atom. The van der Waals surface area contributed by atoms with Crippen molar-refractivity contribution in [3.05, 3.63) is 62.0 Å². The van der Waals surface area contributed by atoms with Gasteiger partial charge in [0.05, 0.1) is 23.2 Å². The van der Waals surface area contributed by atoms with E-state index in [4.69, 9.17) is 16.3 Å². The number of aryl methyl sites for hydroxylation is 3. The largest absolute Gasteiger partial charge is 0.493 e. The molecule has 0 atom stereocenters. The normalized spacial score (nSPS) is 11.3. The first-order valence-electron chi connectivity index (χ1n) is 9.61. The number of imidazole rings is 1. The fourth-order valence-electron chi connectivity index (χ4n) is 3.49. The number of aromatic nitrogens is 5. The summed E-state index contributed by atoms with van der Waals surface area (Å²) in [5.41, 5.74) is 2.14. The third kappa shape index (κ3) is 3.93. The molecule has 0 bridgehead atoms. The zero-order valence-electron chi connectivity index (χ0n) is 16.9. The number of rotatable bonds is 7. The smallest absolute Gasteiger partial charge is 0.330 e. The van der Waals surface area contributed by atoms with E-state index in [0.717, 1.165) is 0 Å². The van der Waals surface area contributed by atoms with Crippen LogP contribution in [0.25, 0.3) is 22.1 Å². The number of halogens is 1. The van der Waals surface area contributed by atoms with Gasteiger partial charge in [-0.05, 0) is 43.5 Å². The molecule has 4 aromatic rings. The van der Waals surface area contributed by atoms with E-state index in [1.807, 2.05) is 0 Å². The quantitative estimate of drug-likeness (QED) is 0.186. The van der Waals surface area contributed by atoms with E-state index in [0.29, 0.717) is 59.4 Å². The molecule has 0 amide bonds. The highest BCUT2D eigenvalue weighted by molar-refractivity contribution is 6.28. The Balaban J connectivity index is 1.45. The van der Waals surface area contributed by atoms with E-state index in [9.17, 15) is 14.9 Å². The number of fused-ring (bicyclic) bond motifs is 2. The van der Waals surface area contributed by atoms with Crippen molar-refractivity contribution in [3.63, 3.8) is 0 Å². The fraction of sp³-hybridized carbons (Fsp3) is 0.300. The van der Waals surface area contributed by atoms with Gasteiger partial charge in [-0.1, -0.05) is 0 Å². The summed E-state index contributed by atoms with van der Waals surface area (Å²) in [4.78, 5) is 35.7. The molecular formula is C20H19ClN6O4. The minimum Gasteiger partial charge on any atom is -0.493 e. The second-order valence-corrected chi connectivity index (χ2v) is 7.46. The molecule has 3 aromatic heterocycles. The number of hydrogen-bond donors (Lipinski definition) is 0. The zero-order chi connectivity index (χ0) is 22.1. The molecule has 0 aliphatic rings. The second-order valence-electron chi connectivity index (χ2n) is 7.12. The van der Waals surface area contributed by atoms with Crippen LogP contribution in [-0.4, -0.2) is 35.6 Å². The Bertz CT molecular complexity index is 1360. The summed E-state index contributed by atoms with van der Waals surface area (Å²) in [6.45, 7) is 2.52. The topological polar surface area (TPSA) is 118 Å². The van der Waals surface area contributed by atoms with Crippen LogP contribution in [0.5, 0.6) is 5.75 Å². The molecule has 0 fully saturated rings. The van der Waals surface area contributed by atoms with Gasteiger partial charge in [0.15, 0.2) is 5.65 Å². The fourth-order valence-corrected chi connectivity index (χ4v) is 3.62. The Labute approximate surface area is 181 Å². The lowest BCUT2D eigenvalue weighted by atomic mass is 10.1. The molecule has 0 saturated carbocycles. The van der Waals surface area contributed by atoms with Gasteiger partial charge in [-0.2, -0.15) is 4.98 Å². The van der Waals surface area contributed by atoms with Crippen LogP contribution in [-0.2, 0) is 13.6 Å². The molecule has 0 radical (unpaired) electrons. The molecular weight excluding hydrogens is 424 g/mol. The van der Waals surface area contributed by atoms with E-state index in [-0.39, 0.29) is 16.7 Å². The number of nitro benzene ring substituents is 1. The van der Waals surface area contributed by atoms with Crippen LogP contribution in [0.15, 0.2) is 35.4 Å². The Hall–Kier alpha value is -3.53. The maximum Gasteiger partial charge on any atom is 0.330 e. The van der Waals surface area contributed by atoms with E-state index in [1.54, 1.807) is 36.9 Å². The monoisotopic (exact) mass is 442 g/mol. The minimum atomic E-state index is -0.413. The van der Waals surface area contributed by atoms with Crippen LogP contribution in [0.3, 0.4) is 0 Å². The number of unbranched alkanes of at least 4 members (excludes halogenated alkanes) is 1. The lowest BCUT2D eigenvalue weighted by molar-refractivity contribution is -0.385. The highest BCUT2D eigenvalue weighted by atomic mass is 35.5. The molecule has 0 N–H and O–H groups in total. The number of ether oxygens (including phenoxy) is 1. The summed E-state index contributed by atoms with van der Waals surface area (Å²) in [7, 11) is 1.66. The minimum absolute atomic E-state index is 0.0290. The maximum atomic E-state index is 12.5. The summed E-state index contributed by atoms with van der Waals surface area (Å²) < 4.78 is 8.92. The Kier molecular flexibility index (Phi) is 5.55. The zero-order valence-corrected chi connectivity index (χ0v) is 17.7. The molecule has 0 aliphatic carbocycles. The maximum absolute atomic E-state index is 12.5. The lowest BCUT2D eigenvalue weighted by Crippen LogP contribution is -2.22. The number of benzene rings is 1. The van der Waals surface area contributed by atoms with Crippen molar-refractivity contribution in [2.24, 2.45) is 7.05 Å². The molecule has 10 nitrogen and oxygen atoms in total. The molecule has 0 unspecified atom stereocenters. The molecule has 11 heteroatoms. The molecule has 0 aliphatic heterocycles. The third-order valence-electron chi connectivity index (χ3n) is 5.11. The Morgan fingerprint density at radius 1 is 1.26 bits per heavy atom. The van der Waals surface area contributed by atoms with Gasteiger partial charge in [-0.15, -0.1) is 0 Å². The van der Waals surface area contributed by atoms with Crippen molar-refractivity contribution < 1.29 is 9.66 Å². The average Bonchev–Trinajstić information content (AvgIpc) is 2.96. The van der Waals surface area contributed by atoms with E-state index < -0.39 is 4.92 Å². The van der Waals surface area contributed by atoms with Gasteiger partial charge in [-0.25, -0.2) is 9.78 Å². The average molecular weight is 443 g/mol. The van der Waals surface area contributed by atoms with Crippen molar-refractivity contribution in [2.45, 2.75) is 26.3 Å². The predicted octanol–water partition coefficient (Wildman–Crippen LogP) is 3.41. The molecule has 31 heavy (non-hydrogen) atoms. The van der Waals surface area contributed by atoms with Crippen molar-refractivity contribution in [1.82, 2.24) is 24.1 Å². The van der Waals surface area contributed by atoms with Gasteiger partial charge < -0.3 is 4.74 Å². The van der Waals surface area contributed by atoms with Crippen LogP contribution >= 0.6 is 11.6 Å². The molecule has 1 aromatic carbocycles. The number of hydrogen-bond acceptors (Lipinski definition) is 7. The summed E-state index contributed by atoms with van der Waals surface area (Å²) in [5.74, 6) is 0.537. The highest BCUT2D eigenvalue weighted by Crippen LogP contribution is 2.30. The summed E-state index contributed by atoms with van der Waals surface area (Å²) in [6.07, 6.45) is 4.48. The molecule has 3 heterocycles. The molecule has 160 valence electrons. The first-order chi connectivity index (χ1) is 14.9. The van der Waals surface area contributed by atoms with Crippen LogP contribution in [0.2, 0.25) is 5.28 Å². The first kappa shape index (κ1) is 20.7. The summed E-state index contributed by atoms with van der Waals surface area (Å²) in [6, 6.07) is 4.86. The predicted molar refractivity (Wildman–Crippen MR) is 116 cm³/mol. The SMILES string of the molecule is Cc1cc2nccc(OCCCCn3c(=O)n(C)c4cnc(Cl)nc43)c2cc1[N+](=O)[O-]. The van der Waals surface area contributed by atoms with Crippen molar-refractivity contribution in [2.75, 3.05) is 6.61 Å². The number of nitrogens with zero attached hydrogens (tertiary/aromatic N) is 6. The van der Waals surface area contributed by atoms with Gasteiger partial charge in [0.1, 0.15) is 11.3 Å². The summed E-state index contributed by atoms with van der Waals surface area (Å²) in [5, 5.41) is 11.9. The van der Waals surface area contributed by atoms with E-state index >= 15 is 0 Å². The van der Waals surface area contributed by atoms with Gasteiger partial charge in [-0.3, -0.25) is 24.2 Å². The lowest BCUT2D eigenvalue weighted by Gasteiger charge is -2.10. The van der Waals surface area contributed by atoms with Gasteiger partial charge in [0.25, 0.3) is 5.69 Å². The van der Waals surface area contributed by atoms with E-state index in [1.165, 1.54) is 16.8 Å². The standard InChI is InChI=1S/C20H19ClN6O4/c1-12-9-14-13(10-15(12)27(29)30)17(5-6-22-14)31-8-4-3-7-26-18-16(25(2)20(26)28)11-23-19(21)24-18/h5-6,9-11H,3-4,7-8H2,1-2H3. The van der Waals surface area contributed by atoms with Crippen LogP contribution < -0.4 is 10.4 Å². The van der Waals surface area contributed by atoms with E-state index in [2.05, 4.69) is 15.0 Å². The van der Waals surface area contributed by atoms with Crippen molar-refractivity contribution in [3.8, 4) is 5.75 Å².